The van der Waals surface area contributed by atoms with Gasteiger partial charge >= 0.3 is 6.36 Å². The van der Waals surface area contributed by atoms with E-state index in [0.29, 0.717) is 23.4 Å². The van der Waals surface area contributed by atoms with Crippen molar-refractivity contribution in [1.29, 1.82) is 0 Å². The van der Waals surface area contributed by atoms with E-state index in [1.54, 1.807) is 17.7 Å². The van der Waals surface area contributed by atoms with Crippen molar-refractivity contribution in [1.82, 2.24) is 20.0 Å². The van der Waals surface area contributed by atoms with Crippen molar-refractivity contribution in [3.05, 3.63) is 41.2 Å². The van der Waals surface area contributed by atoms with Gasteiger partial charge in [-0.25, -0.2) is 4.68 Å². The predicted molar refractivity (Wildman–Crippen MR) is 146 cm³/mol. The van der Waals surface area contributed by atoms with Gasteiger partial charge in [-0.15, -0.1) is 13.2 Å². The fourth-order valence-corrected chi connectivity index (χ4v) is 6.84. The van der Waals surface area contributed by atoms with E-state index in [1.807, 2.05) is 0 Å². The van der Waals surface area contributed by atoms with Crippen molar-refractivity contribution in [2.24, 2.45) is 5.92 Å². The number of benzene rings is 1. The van der Waals surface area contributed by atoms with Crippen LogP contribution in [0.25, 0.3) is 5.69 Å². The smallest absolute Gasteiger partial charge is 0.406 e. The van der Waals surface area contributed by atoms with Crippen molar-refractivity contribution in [3.8, 4) is 11.4 Å². The second kappa shape index (κ2) is 12.1. The van der Waals surface area contributed by atoms with Crippen LogP contribution in [-0.4, -0.2) is 69.1 Å². The monoisotopic (exact) mass is 576 g/mol. The van der Waals surface area contributed by atoms with Crippen molar-refractivity contribution >= 4 is 11.7 Å². The summed E-state index contributed by atoms with van der Waals surface area (Å²) in [5.74, 6) is -0.388. The molecule has 224 valence electrons. The molecule has 0 bridgehead atoms. The lowest BCUT2D eigenvalue weighted by Crippen LogP contribution is -2.49. The molecule has 8 nitrogen and oxygen atoms in total. The van der Waals surface area contributed by atoms with E-state index < -0.39 is 6.36 Å². The number of hydrogen-bond acceptors (Lipinski definition) is 6. The van der Waals surface area contributed by atoms with Crippen molar-refractivity contribution in [3.63, 3.8) is 0 Å². The number of halogens is 3. The number of carbonyl (C=O) groups is 2. The van der Waals surface area contributed by atoms with Gasteiger partial charge in [0.1, 0.15) is 5.75 Å². The molecule has 0 spiro atoms. The Hall–Kier alpha value is -2.92. The molecule has 1 amide bonds. The molecular weight excluding hydrogens is 537 g/mol. The van der Waals surface area contributed by atoms with Crippen LogP contribution in [0.1, 0.15) is 92.4 Å². The summed E-state index contributed by atoms with van der Waals surface area (Å²) in [5, 5.41) is 17.8. The van der Waals surface area contributed by atoms with E-state index in [2.05, 4.69) is 20.1 Å². The van der Waals surface area contributed by atoms with Crippen LogP contribution in [0.5, 0.6) is 5.75 Å². The SMILES string of the molecule is CC(=O)N[C@@H]1CCN(C2CCCCC(C(=O)c3c(C)nn(-c4cccc(OC(F)(F)F)c4)c3C3CC3)CC2)[C@@H]1CO. The van der Waals surface area contributed by atoms with Crippen LogP contribution in [0.2, 0.25) is 0 Å². The van der Waals surface area contributed by atoms with Gasteiger partial charge in [0.2, 0.25) is 5.91 Å². The van der Waals surface area contributed by atoms with E-state index in [-0.39, 0.29) is 54.0 Å². The number of alkyl halides is 3. The number of nitrogens with zero attached hydrogens (tertiary/aromatic N) is 3. The van der Waals surface area contributed by atoms with Crippen molar-refractivity contribution in [2.75, 3.05) is 13.2 Å². The third-order valence-corrected chi connectivity index (χ3v) is 8.79. The van der Waals surface area contributed by atoms with Crippen LogP contribution >= 0.6 is 0 Å². The van der Waals surface area contributed by atoms with Gasteiger partial charge in [0, 0.05) is 43.5 Å². The molecule has 2 N–H and O–H groups in total. The summed E-state index contributed by atoms with van der Waals surface area (Å²) < 4.78 is 44.3. The molecule has 2 aliphatic carbocycles. The summed E-state index contributed by atoms with van der Waals surface area (Å²) in [5.41, 5.74) is 2.42. The lowest BCUT2D eigenvalue weighted by Gasteiger charge is -2.36. The number of nitrogens with one attached hydrogen (secondary N) is 1. The van der Waals surface area contributed by atoms with Crippen LogP contribution in [0.4, 0.5) is 13.2 Å². The fraction of sp³-hybridized carbons (Fsp3) is 0.633. The molecule has 2 aromatic rings. The fourth-order valence-electron chi connectivity index (χ4n) is 6.84. The number of ketones is 1. The Morgan fingerprint density at radius 2 is 1.85 bits per heavy atom. The van der Waals surface area contributed by atoms with Crippen LogP contribution in [0, 0.1) is 12.8 Å². The zero-order valence-electron chi connectivity index (χ0n) is 23.6. The molecule has 3 aliphatic rings. The summed E-state index contributed by atoms with van der Waals surface area (Å²) in [6, 6.07) is 5.76. The van der Waals surface area contributed by atoms with Crippen LogP contribution in [0.3, 0.4) is 0 Å². The van der Waals surface area contributed by atoms with Gasteiger partial charge in [-0.05, 0) is 64.0 Å². The highest BCUT2D eigenvalue weighted by Gasteiger charge is 2.40. The third kappa shape index (κ3) is 6.77. The minimum Gasteiger partial charge on any atom is -0.406 e. The van der Waals surface area contributed by atoms with Gasteiger partial charge in [0.05, 0.1) is 35.3 Å². The highest BCUT2D eigenvalue weighted by atomic mass is 19.4. The first kappa shape index (κ1) is 29.6. The zero-order valence-corrected chi connectivity index (χ0v) is 23.6. The van der Waals surface area contributed by atoms with Crippen LogP contribution < -0.4 is 10.1 Å². The molecule has 2 saturated carbocycles. The van der Waals surface area contributed by atoms with E-state index in [4.69, 9.17) is 0 Å². The first-order valence-corrected chi connectivity index (χ1v) is 14.7. The molecule has 4 atom stereocenters. The van der Waals surface area contributed by atoms with Crippen LogP contribution in [0.15, 0.2) is 24.3 Å². The van der Waals surface area contributed by atoms with E-state index in [9.17, 15) is 27.9 Å². The minimum atomic E-state index is -4.80. The maximum atomic E-state index is 14.1. The maximum absolute atomic E-state index is 14.1. The Kier molecular flexibility index (Phi) is 8.75. The summed E-state index contributed by atoms with van der Waals surface area (Å²) in [4.78, 5) is 28.1. The molecule has 0 radical (unpaired) electrons. The van der Waals surface area contributed by atoms with Crippen molar-refractivity contribution < 1.29 is 32.6 Å². The number of hydrogen-bond donors (Lipinski definition) is 2. The summed E-state index contributed by atoms with van der Waals surface area (Å²) in [6.45, 7) is 4.07. The van der Waals surface area contributed by atoms with Gasteiger partial charge in [-0.2, -0.15) is 5.10 Å². The van der Waals surface area contributed by atoms with Gasteiger partial charge in [-0.3, -0.25) is 14.5 Å². The average Bonchev–Trinajstić information content (AvgIpc) is 3.56. The van der Waals surface area contributed by atoms with E-state index >= 15 is 0 Å². The Balaban J connectivity index is 1.36. The van der Waals surface area contributed by atoms with Crippen molar-refractivity contribution in [2.45, 2.75) is 102 Å². The van der Waals surface area contributed by atoms with Gasteiger partial charge in [0.15, 0.2) is 5.78 Å². The number of aromatic nitrogens is 2. The van der Waals surface area contributed by atoms with E-state index in [0.717, 1.165) is 63.6 Å². The highest BCUT2D eigenvalue weighted by molar-refractivity contribution is 6.00. The summed E-state index contributed by atoms with van der Waals surface area (Å²) >= 11 is 0. The van der Waals surface area contributed by atoms with Gasteiger partial charge in [0.25, 0.3) is 0 Å². The molecule has 1 aliphatic heterocycles. The molecular formula is C30H39F3N4O4. The largest absolute Gasteiger partial charge is 0.573 e. The van der Waals surface area contributed by atoms with E-state index in [1.165, 1.54) is 25.1 Å². The van der Waals surface area contributed by atoms with Crippen LogP contribution in [-0.2, 0) is 4.79 Å². The Bertz CT molecular complexity index is 1260. The maximum Gasteiger partial charge on any atom is 0.573 e. The summed E-state index contributed by atoms with van der Waals surface area (Å²) in [6.07, 6.45) is 3.02. The second-order valence-corrected chi connectivity index (χ2v) is 11.7. The average molecular weight is 577 g/mol. The molecule has 5 rings (SSSR count). The molecule has 2 heterocycles. The number of aryl methyl sites for hydroxylation is 1. The number of rotatable bonds is 8. The molecule has 1 saturated heterocycles. The topological polar surface area (TPSA) is 96.7 Å². The normalized spacial score (nSPS) is 25.9. The Labute approximate surface area is 238 Å². The number of aliphatic hydroxyl groups excluding tert-OH is 1. The first-order chi connectivity index (χ1) is 19.6. The minimum absolute atomic E-state index is 0.0257. The van der Waals surface area contributed by atoms with Gasteiger partial charge < -0.3 is 15.2 Å². The zero-order chi connectivity index (χ0) is 29.3. The number of Topliss-reactive ketones (excluding diaryl/α,β-unsaturated/α-hetero) is 1. The second-order valence-electron chi connectivity index (χ2n) is 11.7. The molecule has 11 heteroatoms. The Morgan fingerprint density at radius 1 is 1.10 bits per heavy atom. The molecule has 3 fully saturated rings. The van der Waals surface area contributed by atoms with Gasteiger partial charge in [-0.1, -0.05) is 18.9 Å². The predicted octanol–water partition coefficient (Wildman–Crippen LogP) is 5.05. The first-order valence-electron chi connectivity index (χ1n) is 14.7. The third-order valence-electron chi connectivity index (χ3n) is 8.79. The number of likely N-dealkylation sites (tertiary alicyclic amines) is 1. The lowest BCUT2D eigenvalue weighted by atomic mass is 9.83. The molecule has 2 unspecified atom stereocenters. The highest BCUT2D eigenvalue weighted by Crippen LogP contribution is 2.45. The molecule has 41 heavy (non-hydrogen) atoms. The molecule has 1 aromatic heterocycles. The molecule has 1 aromatic carbocycles. The number of carbonyl (C=O) groups excluding carboxylic acids is 2. The summed E-state index contributed by atoms with van der Waals surface area (Å²) in [7, 11) is 0. The quantitative estimate of drug-likeness (QED) is 0.427. The lowest BCUT2D eigenvalue weighted by molar-refractivity contribution is -0.274. The standard InChI is InChI=1S/C30H39F3N4O4/c1-18-27(28(20-10-11-20)37(35-18)23-8-5-9-24(16-23)41-30(31,32)33)29(40)21-6-3-4-7-22(13-12-21)36-15-14-25(26(36)17-38)34-19(2)39/h5,8-9,16,20-22,25-26,38H,3-4,6-7,10-15,17H2,1-2H3,(H,34,39)/t21?,22?,25-,26-/m1/s1. The number of aliphatic hydroxyl groups is 1. The number of ether oxygens (including phenoxy) is 1. The Morgan fingerprint density at radius 3 is 2.54 bits per heavy atom. The number of amides is 1.